The maximum atomic E-state index is 11.2. The van der Waals surface area contributed by atoms with Crippen molar-refractivity contribution in [3.05, 3.63) is 106 Å². The number of hydrogen-bond acceptors (Lipinski definition) is 8. The molecule has 0 aliphatic heterocycles. The van der Waals surface area contributed by atoms with Gasteiger partial charge in [-0.1, -0.05) is 35.9 Å². The van der Waals surface area contributed by atoms with E-state index in [2.05, 4.69) is 4.98 Å². The number of anilines is 1. The third kappa shape index (κ3) is 6.69. The minimum atomic E-state index is -1.05. The number of carboxylic acid groups (broad SMARTS) is 1. The lowest BCUT2D eigenvalue weighted by Crippen LogP contribution is -2.13. The molecular weight excluding hydrogens is 608 g/mol. The predicted octanol–water partition coefficient (Wildman–Crippen LogP) is 6.79. The fourth-order valence-corrected chi connectivity index (χ4v) is 6.06. The number of rotatable bonds is 3. The molecule has 7 rings (SSSR count). The van der Waals surface area contributed by atoms with E-state index in [1.807, 2.05) is 30.3 Å². The number of Topliss-reactive ketones (excluding diaryl/α,β-unsaturated/α-hetero) is 1. The topological polar surface area (TPSA) is 152 Å². The van der Waals surface area contributed by atoms with E-state index >= 15 is 0 Å². The Morgan fingerprint density at radius 3 is 2.39 bits per heavy atom. The number of pyridine rings is 1. The van der Waals surface area contributed by atoms with Crippen molar-refractivity contribution in [1.29, 1.82) is 0 Å². The zero-order chi connectivity index (χ0) is 33.0. The number of nitrogens with two attached hydrogens (primary N) is 1. The summed E-state index contributed by atoms with van der Waals surface area (Å²) in [6, 6.07) is 20.9. The van der Waals surface area contributed by atoms with Crippen LogP contribution in [0.4, 0.5) is 5.69 Å². The van der Waals surface area contributed by atoms with Crippen LogP contribution in [0, 0.1) is 0 Å². The Balaban J connectivity index is 0.000000145. The Bertz CT molecular complexity index is 1960. The van der Waals surface area contributed by atoms with E-state index in [1.54, 1.807) is 37.4 Å². The number of aryl methyl sites for hydroxylation is 1. The first kappa shape index (κ1) is 32.1. The molecule has 0 fully saturated rings. The minimum absolute atomic E-state index is 0.0642. The standard InChI is InChI=1S/C17H12ClNO2.C11H12O2.C8H9NO3/c18-17-12-8-9(20)4-6-13(12)19-14-7-5-10-11(16(14)17)2-1-3-15(10)21;1-13-11-4-2-3-8-7-9(12)5-6-10(8)11;1-12-5-2-3-7(9)6(4-5)8(10)11/h1-4,6,8,20-21H,5,7H2;2-4H,5-7H2,1H3;2-4H,9H2,1H3,(H,10,11). The van der Waals surface area contributed by atoms with Gasteiger partial charge in [0.2, 0.25) is 0 Å². The first-order valence-electron chi connectivity index (χ1n) is 14.6. The first-order valence-corrected chi connectivity index (χ1v) is 14.9. The summed E-state index contributed by atoms with van der Waals surface area (Å²) in [5.41, 5.74) is 12.5. The van der Waals surface area contributed by atoms with Crippen molar-refractivity contribution < 1.29 is 34.4 Å². The summed E-state index contributed by atoms with van der Waals surface area (Å²) in [7, 11) is 3.14. The summed E-state index contributed by atoms with van der Waals surface area (Å²) in [4.78, 5) is 26.4. The van der Waals surface area contributed by atoms with Crippen LogP contribution in [0.1, 0.15) is 39.2 Å². The van der Waals surface area contributed by atoms with Gasteiger partial charge >= 0.3 is 5.97 Å². The van der Waals surface area contributed by atoms with E-state index < -0.39 is 5.97 Å². The third-order valence-corrected chi connectivity index (χ3v) is 8.39. The molecule has 1 aromatic heterocycles. The van der Waals surface area contributed by atoms with Crippen LogP contribution in [-0.4, -0.2) is 46.3 Å². The highest BCUT2D eigenvalue weighted by Crippen LogP contribution is 2.43. The van der Waals surface area contributed by atoms with E-state index in [0.717, 1.165) is 63.9 Å². The summed E-state index contributed by atoms with van der Waals surface area (Å²) < 4.78 is 10.1. The fraction of sp³-hybridized carbons (Fsp3) is 0.194. The molecule has 2 aliphatic carbocycles. The summed E-state index contributed by atoms with van der Waals surface area (Å²) in [5.74, 6) is 1.15. The molecule has 5 aromatic rings. The summed E-state index contributed by atoms with van der Waals surface area (Å²) >= 11 is 6.58. The number of carbonyl (C=O) groups is 2. The number of fused-ring (bicyclic) bond motifs is 5. The van der Waals surface area contributed by atoms with Crippen LogP contribution in [0.5, 0.6) is 23.0 Å². The number of carbonyl (C=O) groups excluding carboxylic acids is 1. The van der Waals surface area contributed by atoms with Crippen LogP contribution < -0.4 is 15.2 Å². The summed E-state index contributed by atoms with van der Waals surface area (Å²) in [6.45, 7) is 0. The lowest BCUT2D eigenvalue weighted by Gasteiger charge is -2.22. The van der Waals surface area contributed by atoms with Crippen LogP contribution in [0.15, 0.2) is 72.8 Å². The smallest absolute Gasteiger partial charge is 0.337 e. The SMILES string of the molecule is COc1ccc(N)c(C(=O)O)c1.COc1cccc2c1CCC(=O)C2.Oc1ccc2nc3c(c(Cl)c2c1)-c1cccc(O)c1CC3. The quantitative estimate of drug-likeness (QED) is 0.156. The number of ether oxygens (including phenoxy) is 2. The molecule has 46 heavy (non-hydrogen) atoms. The Kier molecular flexibility index (Phi) is 9.63. The molecule has 0 radical (unpaired) electrons. The van der Waals surface area contributed by atoms with Gasteiger partial charge in [-0.2, -0.15) is 0 Å². The van der Waals surface area contributed by atoms with Crippen LogP contribution in [0.3, 0.4) is 0 Å². The molecule has 0 unspecified atom stereocenters. The van der Waals surface area contributed by atoms with Crippen molar-refractivity contribution >= 4 is 39.9 Å². The van der Waals surface area contributed by atoms with Crippen molar-refractivity contribution in [1.82, 2.24) is 4.98 Å². The molecule has 0 atom stereocenters. The second-order valence-electron chi connectivity index (χ2n) is 10.8. The zero-order valence-electron chi connectivity index (χ0n) is 25.3. The number of benzene rings is 4. The van der Waals surface area contributed by atoms with Crippen LogP contribution in [0.25, 0.3) is 22.0 Å². The van der Waals surface area contributed by atoms with Crippen molar-refractivity contribution in [2.45, 2.75) is 32.1 Å². The largest absolute Gasteiger partial charge is 0.508 e. The second-order valence-corrected chi connectivity index (χ2v) is 11.2. The Hall–Kier alpha value is -5.28. The number of aromatic hydroxyl groups is 2. The normalized spacial score (nSPS) is 12.7. The van der Waals surface area contributed by atoms with Crippen molar-refractivity contribution in [3.8, 4) is 34.1 Å². The van der Waals surface area contributed by atoms with E-state index in [0.29, 0.717) is 35.1 Å². The number of ketones is 1. The number of carboxylic acids is 1. The average molecular weight is 641 g/mol. The molecule has 9 nitrogen and oxygen atoms in total. The van der Waals surface area contributed by atoms with E-state index in [-0.39, 0.29) is 17.0 Å². The van der Waals surface area contributed by atoms with Gasteiger partial charge in [-0.25, -0.2) is 4.79 Å². The molecule has 10 heteroatoms. The highest BCUT2D eigenvalue weighted by Gasteiger charge is 2.24. The van der Waals surface area contributed by atoms with Gasteiger partial charge in [-0.15, -0.1) is 0 Å². The number of phenols is 2. The lowest BCUT2D eigenvalue weighted by atomic mass is 9.87. The van der Waals surface area contributed by atoms with Gasteiger partial charge < -0.3 is 30.5 Å². The van der Waals surface area contributed by atoms with Crippen molar-refractivity contribution in [2.24, 2.45) is 0 Å². The maximum Gasteiger partial charge on any atom is 0.337 e. The van der Waals surface area contributed by atoms with Crippen molar-refractivity contribution in [3.63, 3.8) is 0 Å². The number of nitrogens with zero attached hydrogens (tertiary/aromatic N) is 1. The lowest BCUT2D eigenvalue weighted by molar-refractivity contribution is -0.118. The number of aromatic carboxylic acids is 1. The number of halogens is 1. The van der Waals surface area contributed by atoms with Crippen LogP contribution in [-0.2, 0) is 30.5 Å². The molecule has 0 saturated carbocycles. The summed E-state index contributed by atoms with van der Waals surface area (Å²) in [5, 5.41) is 29.7. The zero-order valence-corrected chi connectivity index (χ0v) is 26.1. The van der Waals surface area contributed by atoms with Gasteiger partial charge in [0.25, 0.3) is 0 Å². The number of nitrogen functional groups attached to an aromatic ring is 1. The molecule has 4 aromatic carbocycles. The van der Waals surface area contributed by atoms with Gasteiger partial charge in [-0.05, 0) is 84.5 Å². The van der Waals surface area contributed by atoms with Crippen LogP contribution in [0.2, 0.25) is 5.02 Å². The molecule has 236 valence electrons. The fourth-order valence-electron chi connectivity index (χ4n) is 5.69. The number of aromatic nitrogens is 1. The molecule has 0 bridgehead atoms. The molecule has 0 spiro atoms. The van der Waals surface area contributed by atoms with Crippen LogP contribution >= 0.6 is 11.6 Å². The molecular formula is C36H33ClN2O7. The Morgan fingerprint density at radius 1 is 0.891 bits per heavy atom. The highest BCUT2D eigenvalue weighted by atomic mass is 35.5. The number of phenolic OH excluding ortho intramolecular Hbond substituents is 2. The Labute approximate surface area is 270 Å². The molecule has 0 saturated heterocycles. The van der Waals surface area contributed by atoms with Gasteiger partial charge in [0.05, 0.1) is 36.0 Å². The highest BCUT2D eigenvalue weighted by molar-refractivity contribution is 6.38. The van der Waals surface area contributed by atoms with Gasteiger partial charge in [0, 0.05) is 35.0 Å². The van der Waals surface area contributed by atoms with E-state index in [9.17, 15) is 19.8 Å². The van der Waals surface area contributed by atoms with Gasteiger partial charge in [0.1, 0.15) is 28.8 Å². The first-order chi connectivity index (χ1) is 22.1. The minimum Gasteiger partial charge on any atom is -0.508 e. The average Bonchev–Trinajstić information content (AvgIpc) is 3.05. The van der Waals surface area contributed by atoms with Gasteiger partial charge in [0.15, 0.2) is 0 Å². The number of methoxy groups -OCH3 is 2. The van der Waals surface area contributed by atoms with E-state index in [1.165, 1.54) is 24.8 Å². The third-order valence-electron chi connectivity index (χ3n) is 7.99. The molecule has 0 amide bonds. The predicted molar refractivity (Wildman–Crippen MR) is 177 cm³/mol. The Morgan fingerprint density at radius 2 is 1.65 bits per heavy atom. The maximum absolute atomic E-state index is 11.2. The molecule has 2 aliphatic rings. The van der Waals surface area contributed by atoms with Gasteiger partial charge in [-0.3, -0.25) is 9.78 Å². The molecule has 5 N–H and O–H groups in total. The number of hydrogen-bond donors (Lipinski definition) is 4. The molecule has 1 heterocycles. The second kappa shape index (κ2) is 13.8. The van der Waals surface area contributed by atoms with E-state index in [4.69, 9.17) is 31.9 Å². The van der Waals surface area contributed by atoms with Crippen molar-refractivity contribution in [2.75, 3.05) is 20.0 Å². The summed E-state index contributed by atoms with van der Waals surface area (Å²) in [6.07, 6.45) is 3.57. The monoisotopic (exact) mass is 640 g/mol.